The van der Waals surface area contributed by atoms with Crippen molar-refractivity contribution in [2.75, 3.05) is 68.2 Å². The fourth-order valence-electron chi connectivity index (χ4n) is 5.27. The molecule has 2 aliphatic heterocycles. The second-order valence-corrected chi connectivity index (χ2v) is 10.2. The minimum Gasteiger partial charge on any atom is -0.447 e. The highest BCUT2D eigenvalue weighted by Gasteiger charge is 2.28. The lowest BCUT2D eigenvalue weighted by Gasteiger charge is -2.31. The van der Waals surface area contributed by atoms with Crippen LogP contribution in [0.2, 0.25) is 0 Å². The van der Waals surface area contributed by atoms with Gasteiger partial charge in [0, 0.05) is 43.6 Å². The number of carbonyl (C=O) groups is 2. The molecule has 0 radical (unpaired) electrons. The summed E-state index contributed by atoms with van der Waals surface area (Å²) in [7, 11) is 0. The molecular formula is C29H32FN9O4. The van der Waals surface area contributed by atoms with Crippen LogP contribution in [0.1, 0.15) is 18.9 Å². The number of aromatic nitrogens is 5. The number of ether oxygens (including phenoxy) is 2. The molecule has 2 fully saturated rings. The maximum absolute atomic E-state index is 12.4. The Kier molecular flexibility index (Phi) is 8.54. The van der Waals surface area contributed by atoms with Crippen molar-refractivity contribution in [3.63, 3.8) is 0 Å². The highest BCUT2D eigenvalue weighted by atomic mass is 19.1. The van der Waals surface area contributed by atoms with Crippen molar-refractivity contribution in [3.8, 4) is 11.4 Å². The van der Waals surface area contributed by atoms with Crippen LogP contribution in [-0.2, 0) is 9.47 Å². The molecule has 13 nitrogen and oxygen atoms in total. The number of anilines is 3. The quantitative estimate of drug-likeness (QED) is 0.326. The maximum atomic E-state index is 12.4. The van der Waals surface area contributed by atoms with Gasteiger partial charge in [0.25, 0.3) is 0 Å². The molecule has 6 rings (SSSR count). The van der Waals surface area contributed by atoms with E-state index in [-0.39, 0.29) is 18.7 Å². The van der Waals surface area contributed by atoms with Crippen LogP contribution in [0, 0.1) is 0 Å². The molecular weight excluding hydrogens is 557 g/mol. The van der Waals surface area contributed by atoms with Gasteiger partial charge in [-0.3, -0.25) is 4.98 Å². The number of morpholine rings is 1. The Labute approximate surface area is 247 Å². The Morgan fingerprint density at radius 3 is 2.47 bits per heavy atom. The predicted molar refractivity (Wildman–Crippen MR) is 158 cm³/mol. The number of rotatable bonds is 7. The molecule has 0 unspecified atom stereocenters. The summed E-state index contributed by atoms with van der Waals surface area (Å²) in [4.78, 5) is 42.3. The van der Waals surface area contributed by atoms with E-state index >= 15 is 0 Å². The van der Waals surface area contributed by atoms with Gasteiger partial charge >= 0.3 is 12.1 Å². The molecule has 2 aliphatic rings. The number of carbonyl (C=O) groups excluding carboxylic acids is 2. The van der Waals surface area contributed by atoms with E-state index in [1.165, 1.54) is 0 Å². The Hall–Kier alpha value is -4.85. The molecule has 0 atom stereocenters. The van der Waals surface area contributed by atoms with Gasteiger partial charge in [-0.15, -0.1) is 0 Å². The number of nitrogens with zero attached hydrogens (tertiary/aromatic N) is 7. The van der Waals surface area contributed by atoms with E-state index in [1.54, 1.807) is 47.8 Å². The molecule has 5 heterocycles. The zero-order chi connectivity index (χ0) is 29.6. The molecule has 4 aromatic rings. The number of hydrogen-bond donors (Lipinski definition) is 2. The minimum atomic E-state index is -0.699. The summed E-state index contributed by atoms with van der Waals surface area (Å²) >= 11 is 0. The van der Waals surface area contributed by atoms with E-state index in [4.69, 9.17) is 24.5 Å². The number of pyridine rings is 1. The number of benzene rings is 1. The zero-order valence-corrected chi connectivity index (χ0v) is 23.5. The van der Waals surface area contributed by atoms with Gasteiger partial charge in [-0.1, -0.05) is 0 Å². The van der Waals surface area contributed by atoms with Crippen molar-refractivity contribution in [3.05, 3.63) is 55.0 Å². The Balaban J connectivity index is 1.24. The van der Waals surface area contributed by atoms with E-state index in [9.17, 15) is 14.0 Å². The van der Waals surface area contributed by atoms with Crippen LogP contribution in [0.15, 0.2) is 55.0 Å². The Morgan fingerprint density at radius 2 is 1.74 bits per heavy atom. The molecule has 14 heteroatoms. The minimum absolute atomic E-state index is 0.0212. The van der Waals surface area contributed by atoms with E-state index in [0.29, 0.717) is 75.1 Å². The van der Waals surface area contributed by atoms with Gasteiger partial charge in [0.05, 0.1) is 42.7 Å². The summed E-state index contributed by atoms with van der Waals surface area (Å²) in [6.07, 6.45) is 5.84. The number of nitrogens with one attached hydrogen (secondary N) is 2. The van der Waals surface area contributed by atoms with Gasteiger partial charge in [-0.2, -0.15) is 5.10 Å². The number of urea groups is 1. The van der Waals surface area contributed by atoms with E-state index in [0.717, 1.165) is 16.8 Å². The molecule has 1 aromatic carbocycles. The number of alkyl halides is 1. The maximum Gasteiger partial charge on any atom is 0.409 e. The van der Waals surface area contributed by atoms with Crippen LogP contribution in [0.25, 0.3) is 22.4 Å². The molecule has 0 spiro atoms. The van der Waals surface area contributed by atoms with Crippen LogP contribution in [0.5, 0.6) is 0 Å². The van der Waals surface area contributed by atoms with Gasteiger partial charge in [0.15, 0.2) is 11.5 Å². The highest BCUT2D eigenvalue weighted by Crippen LogP contribution is 2.32. The lowest BCUT2D eigenvalue weighted by atomic mass is 10.1. The molecule has 0 aliphatic carbocycles. The van der Waals surface area contributed by atoms with Crippen molar-refractivity contribution < 1.29 is 23.5 Å². The molecule has 0 bridgehead atoms. The van der Waals surface area contributed by atoms with Crippen molar-refractivity contribution in [2.24, 2.45) is 0 Å². The smallest absolute Gasteiger partial charge is 0.409 e. The molecule has 43 heavy (non-hydrogen) atoms. The third-order valence-electron chi connectivity index (χ3n) is 7.44. The summed E-state index contributed by atoms with van der Waals surface area (Å²) in [5.74, 6) is 1.33. The second kappa shape index (κ2) is 13.0. The van der Waals surface area contributed by atoms with Crippen LogP contribution in [0.4, 0.5) is 31.2 Å². The first kappa shape index (κ1) is 28.3. The summed E-state index contributed by atoms with van der Waals surface area (Å²) in [5.41, 5.74) is 2.70. The number of piperidine rings is 1. The second-order valence-electron chi connectivity index (χ2n) is 10.2. The predicted octanol–water partition coefficient (Wildman–Crippen LogP) is 4.11. The molecule has 0 saturated carbocycles. The van der Waals surface area contributed by atoms with Crippen LogP contribution >= 0.6 is 0 Å². The molecule has 224 valence electrons. The van der Waals surface area contributed by atoms with Crippen LogP contribution < -0.4 is 15.5 Å². The molecule has 2 saturated heterocycles. The van der Waals surface area contributed by atoms with Crippen LogP contribution in [-0.4, -0.2) is 94.4 Å². The SMILES string of the molecule is O=C(Nc1ccc(-c2nc(N3CCOCC3)c3cnn(C4CCN(C(=O)OCCF)CC4)c3n2)cc1)Nc1cccnc1. The number of amides is 3. The van der Waals surface area contributed by atoms with Gasteiger partial charge in [-0.05, 0) is 49.2 Å². The fraction of sp³-hybridized carbons (Fsp3) is 0.379. The number of likely N-dealkylation sites (tertiary alicyclic amines) is 1. The van der Waals surface area contributed by atoms with Crippen molar-refractivity contribution in [1.82, 2.24) is 29.6 Å². The standard InChI is InChI=1S/C29H32FN9O4/c30-9-15-43-29(41)38-11-7-23(8-12-38)39-27-24(19-32-39)26(37-13-16-42-17-14-37)35-25(36-27)20-3-5-21(6-4-20)33-28(40)34-22-2-1-10-31-18-22/h1-6,10,18-19,23H,7-9,11-17H2,(H2,33,34,40). The fourth-order valence-corrected chi connectivity index (χ4v) is 5.27. The van der Waals surface area contributed by atoms with E-state index in [1.807, 2.05) is 16.8 Å². The Morgan fingerprint density at radius 1 is 0.977 bits per heavy atom. The molecule has 3 aromatic heterocycles. The summed E-state index contributed by atoms with van der Waals surface area (Å²) < 4.78 is 24.9. The van der Waals surface area contributed by atoms with Gasteiger partial charge in [0.2, 0.25) is 0 Å². The largest absolute Gasteiger partial charge is 0.447 e. The first-order chi connectivity index (χ1) is 21.1. The number of hydrogen-bond acceptors (Lipinski definition) is 9. The average molecular weight is 590 g/mol. The average Bonchev–Trinajstić information content (AvgIpc) is 3.48. The number of halogens is 1. The highest BCUT2D eigenvalue weighted by molar-refractivity contribution is 5.99. The zero-order valence-electron chi connectivity index (χ0n) is 23.5. The normalized spacial score (nSPS) is 15.8. The summed E-state index contributed by atoms with van der Waals surface area (Å²) in [6.45, 7) is 2.64. The summed E-state index contributed by atoms with van der Waals surface area (Å²) in [6, 6.07) is 10.5. The lowest BCUT2D eigenvalue weighted by Crippen LogP contribution is -2.39. The monoisotopic (exact) mass is 589 g/mol. The molecule has 2 N–H and O–H groups in total. The van der Waals surface area contributed by atoms with Crippen molar-refractivity contribution in [1.29, 1.82) is 0 Å². The summed E-state index contributed by atoms with van der Waals surface area (Å²) in [5, 5.41) is 11.1. The van der Waals surface area contributed by atoms with Crippen molar-refractivity contribution >= 4 is 40.4 Å². The third kappa shape index (κ3) is 6.48. The first-order valence-electron chi connectivity index (χ1n) is 14.2. The Bertz CT molecular complexity index is 1550. The topological polar surface area (TPSA) is 140 Å². The van der Waals surface area contributed by atoms with Gasteiger partial charge < -0.3 is 29.9 Å². The number of fused-ring (bicyclic) bond motifs is 1. The van der Waals surface area contributed by atoms with Crippen molar-refractivity contribution in [2.45, 2.75) is 18.9 Å². The molecule has 3 amide bonds. The van der Waals surface area contributed by atoms with E-state index < -0.39 is 12.8 Å². The first-order valence-corrected chi connectivity index (χ1v) is 14.2. The third-order valence-corrected chi connectivity index (χ3v) is 7.44. The van der Waals surface area contributed by atoms with E-state index in [2.05, 4.69) is 20.5 Å². The van der Waals surface area contributed by atoms with Gasteiger partial charge in [0.1, 0.15) is 19.1 Å². The van der Waals surface area contributed by atoms with Crippen LogP contribution in [0.3, 0.4) is 0 Å². The van der Waals surface area contributed by atoms with Gasteiger partial charge in [-0.25, -0.2) is 28.6 Å². The lowest BCUT2D eigenvalue weighted by molar-refractivity contribution is 0.0830.